The zero-order valence-corrected chi connectivity index (χ0v) is 14.2. The largest absolute Gasteiger partial charge is 0.497 e. The summed E-state index contributed by atoms with van der Waals surface area (Å²) in [5.41, 5.74) is 3.32. The van der Waals surface area contributed by atoms with E-state index < -0.39 is 0 Å². The maximum absolute atomic E-state index is 5.46. The summed E-state index contributed by atoms with van der Waals surface area (Å²) in [7, 11) is 3.79. The number of methoxy groups -OCH3 is 1. The van der Waals surface area contributed by atoms with Crippen LogP contribution in [0.25, 0.3) is 11.3 Å². The van der Waals surface area contributed by atoms with Gasteiger partial charge < -0.3 is 19.3 Å². The molecule has 126 valence electrons. The third-order valence-electron chi connectivity index (χ3n) is 4.67. The lowest BCUT2D eigenvalue weighted by Gasteiger charge is -2.28. The summed E-state index contributed by atoms with van der Waals surface area (Å²) in [6, 6.07) is 8.10. The van der Waals surface area contributed by atoms with Crippen LogP contribution in [0.3, 0.4) is 0 Å². The molecule has 0 saturated carbocycles. The van der Waals surface area contributed by atoms with Crippen molar-refractivity contribution in [1.82, 2.24) is 9.97 Å². The Hall–Kier alpha value is -2.34. The average Bonchev–Trinajstić information content (AvgIpc) is 3.03. The van der Waals surface area contributed by atoms with E-state index in [0.29, 0.717) is 0 Å². The molecule has 6 heteroatoms. The molecule has 24 heavy (non-hydrogen) atoms. The molecule has 0 spiro atoms. The average molecular weight is 326 g/mol. The summed E-state index contributed by atoms with van der Waals surface area (Å²) in [4.78, 5) is 14.2. The van der Waals surface area contributed by atoms with E-state index in [-0.39, 0.29) is 0 Å². The number of aromatic nitrogens is 2. The molecule has 1 aromatic heterocycles. The number of benzene rings is 1. The molecule has 0 radical (unpaired) electrons. The Kier molecular flexibility index (Phi) is 3.98. The zero-order chi connectivity index (χ0) is 16.5. The van der Waals surface area contributed by atoms with Crippen LogP contribution in [-0.4, -0.2) is 57.0 Å². The predicted molar refractivity (Wildman–Crippen MR) is 94.0 cm³/mol. The van der Waals surface area contributed by atoms with E-state index >= 15 is 0 Å². The summed E-state index contributed by atoms with van der Waals surface area (Å²) >= 11 is 0. The van der Waals surface area contributed by atoms with Gasteiger partial charge >= 0.3 is 0 Å². The molecule has 6 nitrogen and oxygen atoms in total. The predicted octanol–water partition coefficient (Wildman–Crippen LogP) is 1.98. The van der Waals surface area contributed by atoms with Crippen LogP contribution in [0.5, 0.6) is 5.75 Å². The minimum absolute atomic E-state index is 0.727. The maximum atomic E-state index is 5.46. The summed E-state index contributed by atoms with van der Waals surface area (Å²) in [6.07, 6.45) is 0.974. The summed E-state index contributed by atoms with van der Waals surface area (Å²) < 4.78 is 10.8. The maximum Gasteiger partial charge on any atom is 0.228 e. The third kappa shape index (κ3) is 2.67. The molecule has 3 heterocycles. The van der Waals surface area contributed by atoms with Gasteiger partial charge in [-0.2, -0.15) is 4.98 Å². The highest BCUT2D eigenvalue weighted by molar-refractivity contribution is 5.73. The van der Waals surface area contributed by atoms with Gasteiger partial charge in [0.1, 0.15) is 11.6 Å². The van der Waals surface area contributed by atoms with Crippen molar-refractivity contribution in [2.24, 2.45) is 0 Å². The molecular weight excluding hydrogens is 304 g/mol. The van der Waals surface area contributed by atoms with Crippen molar-refractivity contribution in [1.29, 1.82) is 0 Å². The van der Waals surface area contributed by atoms with Crippen LogP contribution < -0.4 is 14.5 Å². The molecule has 0 N–H and O–H groups in total. The molecule has 1 saturated heterocycles. The van der Waals surface area contributed by atoms with E-state index in [1.54, 1.807) is 7.11 Å². The van der Waals surface area contributed by atoms with Gasteiger partial charge in [0.25, 0.3) is 0 Å². The van der Waals surface area contributed by atoms with E-state index in [9.17, 15) is 0 Å². The molecule has 2 aliphatic heterocycles. The first-order valence-corrected chi connectivity index (χ1v) is 8.35. The Bertz CT molecular complexity index is 744. The second kappa shape index (κ2) is 6.28. The fourth-order valence-electron chi connectivity index (χ4n) is 3.31. The first kappa shape index (κ1) is 15.2. The molecule has 0 atom stereocenters. The number of nitrogens with zero attached hydrogens (tertiary/aromatic N) is 4. The summed E-state index contributed by atoms with van der Waals surface area (Å²) in [5, 5.41) is 0. The smallest absolute Gasteiger partial charge is 0.228 e. The van der Waals surface area contributed by atoms with Gasteiger partial charge in [0.2, 0.25) is 5.95 Å². The van der Waals surface area contributed by atoms with Gasteiger partial charge in [-0.3, -0.25) is 0 Å². The van der Waals surface area contributed by atoms with Gasteiger partial charge in [-0.05, 0) is 18.6 Å². The zero-order valence-electron chi connectivity index (χ0n) is 14.2. The first-order valence-electron chi connectivity index (χ1n) is 8.35. The Morgan fingerprint density at radius 3 is 2.75 bits per heavy atom. The van der Waals surface area contributed by atoms with Gasteiger partial charge in [0, 0.05) is 37.8 Å². The number of hydrogen-bond acceptors (Lipinski definition) is 6. The number of ether oxygens (including phenoxy) is 2. The minimum atomic E-state index is 0.727. The molecule has 2 aliphatic rings. The summed E-state index contributed by atoms with van der Waals surface area (Å²) in [6.45, 7) is 4.10. The minimum Gasteiger partial charge on any atom is -0.497 e. The van der Waals surface area contributed by atoms with Gasteiger partial charge in [-0.25, -0.2) is 4.98 Å². The number of fused-ring (bicyclic) bond motifs is 1. The van der Waals surface area contributed by atoms with Gasteiger partial charge in [0.15, 0.2) is 0 Å². The fourth-order valence-corrected chi connectivity index (χ4v) is 3.31. The van der Waals surface area contributed by atoms with E-state index in [1.807, 2.05) is 18.2 Å². The first-order chi connectivity index (χ1) is 11.8. The lowest BCUT2D eigenvalue weighted by atomic mass is 10.1. The van der Waals surface area contributed by atoms with Gasteiger partial charge in [-0.1, -0.05) is 12.1 Å². The number of anilines is 2. The van der Waals surface area contributed by atoms with Crippen LogP contribution in [0.2, 0.25) is 0 Å². The quantitative estimate of drug-likeness (QED) is 0.860. The van der Waals surface area contributed by atoms with Crippen LogP contribution in [0.4, 0.5) is 11.8 Å². The number of hydrogen-bond donors (Lipinski definition) is 0. The molecule has 1 aromatic carbocycles. The molecule has 0 aliphatic carbocycles. The second-order valence-corrected chi connectivity index (χ2v) is 6.18. The van der Waals surface area contributed by atoms with Crippen molar-refractivity contribution in [3.05, 3.63) is 29.8 Å². The second-order valence-electron chi connectivity index (χ2n) is 6.18. The number of rotatable bonds is 3. The lowest BCUT2D eigenvalue weighted by Crippen LogP contribution is -2.37. The van der Waals surface area contributed by atoms with Crippen LogP contribution in [0, 0.1) is 0 Å². The number of morpholine rings is 1. The van der Waals surface area contributed by atoms with Crippen molar-refractivity contribution >= 4 is 11.8 Å². The van der Waals surface area contributed by atoms with Crippen molar-refractivity contribution in [2.45, 2.75) is 6.42 Å². The standard InChI is InChI=1S/C18H22N4O2/c1-21-7-6-15-16(13-4-3-5-14(12-13)23-2)19-18(20-17(15)21)22-8-10-24-11-9-22/h3-5,12H,6-11H2,1-2H3. The molecule has 2 aromatic rings. The lowest BCUT2D eigenvalue weighted by molar-refractivity contribution is 0.122. The van der Waals surface area contributed by atoms with Crippen molar-refractivity contribution < 1.29 is 9.47 Å². The Balaban J connectivity index is 1.82. The van der Waals surface area contributed by atoms with Crippen molar-refractivity contribution in [3.63, 3.8) is 0 Å². The highest BCUT2D eigenvalue weighted by Crippen LogP contribution is 2.35. The van der Waals surface area contributed by atoms with E-state index in [4.69, 9.17) is 19.4 Å². The fraction of sp³-hybridized carbons (Fsp3) is 0.444. The van der Waals surface area contributed by atoms with Crippen LogP contribution in [0.1, 0.15) is 5.56 Å². The molecule has 0 bridgehead atoms. The van der Waals surface area contributed by atoms with Gasteiger partial charge in [-0.15, -0.1) is 0 Å². The normalized spacial score (nSPS) is 17.1. The molecule has 0 unspecified atom stereocenters. The molecule has 0 amide bonds. The van der Waals surface area contributed by atoms with Gasteiger partial charge in [0.05, 0.1) is 26.0 Å². The van der Waals surface area contributed by atoms with Crippen LogP contribution in [-0.2, 0) is 11.2 Å². The monoisotopic (exact) mass is 326 g/mol. The van der Waals surface area contributed by atoms with E-state index in [0.717, 1.165) is 68.0 Å². The Morgan fingerprint density at radius 2 is 1.96 bits per heavy atom. The summed E-state index contributed by atoms with van der Waals surface area (Å²) in [5.74, 6) is 2.69. The highest BCUT2D eigenvalue weighted by atomic mass is 16.5. The molecule has 4 rings (SSSR count). The highest BCUT2D eigenvalue weighted by Gasteiger charge is 2.26. The topological polar surface area (TPSA) is 50.7 Å². The molecule has 1 fully saturated rings. The Morgan fingerprint density at radius 1 is 1.12 bits per heavy atom. The van der Waals surface area contributed by atoms with E-state index in [1.165, 1.54) is 5.56 Å². The number of likely N-dealkylation sites (N-methyl/N-ethyl adjacent to an activating group) is 1. The van der Waals surface area contributed by atoms with Crippen molar-refractivity contribution in [2.75, 3.05) is 56.8 Å². The van der Waals surface area contributed by atoms with Crippen molar-refractivity contribution in [3.8, 4) is 17.0 Å². The Labute approximate surface area is 142 Å². The molecular formula is C18H22N4O2. The van der Waals surface area contributed by atoms with Crippen LogP contribution >= 0.6 is 0 Å². The van der Waals surface area contributed by atoms with E-state index in [2.05, 4.69) is 22.9 Å². The third-order valence-corrected chi connectivity index (χ3v) is 4.67. The van der Waals surface area contributed by atoms with Crippen LogP contribution in [0.15, 0.2) is 24.3 Å². The SMILES string of the molecule is COc1cccc(-c2nc(N3CCOCC3)nc3c2CCN3C)c1.